The summed E-state index contributed by atoms with van der Waals surface area (Å²) in [4.78, 5) is 2.35. The largest absolute Gasteiger partial charge is 0.454 e. The van der Waals surface area contributed by atoms with Gasteiger partial charge >= 0.3 is 0 Å². The van der Waals surface area contributed by atoms with E-state index in [-0.39, 0.29) is 5.92 Å². The lowest BCUT2D eigenvalue weighted by Crippen LogP contribution is -2.15. The molecular formula is C69H48N2O. The average molecular weight is 921 g/mol. The molecule has 0 saturated heterocycles. The first-order valence-corrected chi connectivity index (χ1v) is 24.7. The summed E-state index contributed by atoms with van der Waals surface area (Å²) in [5.41, 5.74) is 20.8. The fourth-order valence-electron chi connectivity index (χ4n) is 10.8. The van der Waals surface area contributed by atoms with Gasteiger partial charge in [0.05, 0.1) is 22.5 Å². The highest BCUT2D eigenvalue weighted by Gasteiger charge is 2.36. The Labute approximate surface area is 420 Å². The molecule has 13 rings (SSSR count). The lowest BCUT2D eigenvalue weighted by atomic mass is 9.85. The highest BCUT2D eigenvalue weighted by atomic mass is 16.5. The van der Waals surface area contributed by atoms with Gasteiger partial charge in [0.25, 0.3) is 0 Å². The van der Waals surface area contributed by atoms with Gasteiger partial charge in [-0.25, -0.2) is 0 Å². The van der Waals surface area contributed by atoms with Gasteiger partial charge in [-0.3, -0.25) is 0 Å². The molecule has 0 spiro atoms. The monoisotopic (exact) mass is 920 g/mol. The molecule has 72 heavy (non-hydrogen) atoms. The van der Waals surface area contributed by atoms with Crippen LogP contribution in [0.5, 0.6) is 11.5 Å². The standard InChI is InChI=1S/C69H48N2O/c1-5-18-48(19-6-1)50-36-42-57(43-37-50)70(59-46-40-53(41-47-59)61-27-14-13-26-60(61)52-20-7-2-8-21-52)58-44-38-51(39-45-58)49-32-34-54(35-33-49)62-29-17-30-64-67(62)69-68(71(64)56-24-11-4-12-25-56)66(55-22-9-3-10-23-55)63-28-15-16-31-65(63)72-69/h1-47,66H. The number of hydrogen-bond acceptors (Lipinski definition) is 2. The van der Waals surface area contributed by atoms with Gasteiger partial charge in [0.1, 0.15) is 5.75 Å². The number of para-hydroxylation sites is 2. The molecule has 12 aromatic rings. The highest BCUT2D eigenvalue weighted by molar-refractivity contribution is 6.03. The molecule has 1 aliphatic heterocycles. The van der Waals surface area contributed by atoms with Crippen molar-refractivity contribution in [3.63, 3.8) is 0 Å². The van der Waals surface area contributed by atoms with Crippen molar-refractivity contribution in [2.24, 2.45) is 0 Å². The lowest BCUT2D eigenvalue weighted by Gasteiger charge is -2.28. The third-order valence-corrected chi connectivity index (χ3v) is 14.2. The fraction of sp³-hybridized carbons (Fsp3) is 0.0145. The van der Waals surface area contributed by atoms with Crippen molar-refractivity contribution in [2.75, 3.05) is 4.90 Å². The third kappa shape index (κ3) is 7.74. The van der Waals surface area contributed by atoms with Gasteiger partial charge in [-0.2, -0.15) is 0 Å². The molecule has 1 aliphatic rings. The molecule has 0 bridgehead atoms. The molecule has 0 fully saturated rings. The number of hydrogen-bond donors (Lipinski definition) is 0. The van der Waals surface area contributed by atoms with Crippen molar-refractivity contribution in [1.29, 1.82) is 0 Å². The lowest BCUT2D eigenvalue weighted by molar-refractivity contribution is 0.454. The number of rotatable bonds is 10. The van der Waals surface area contributed by atoms with Crippen molar-refractivity contribution in [3.05, 3.63) is 302 Å². The van der Waals surface area contributed by atoms with Gasteiger partial charge in [0.15, 0.2) is 5.75 Å². The van der Waals surface area contributed by atoms with Crippen LogP contribution in [0.25, 0.3) is 72.2 Å². The predicted molar refractivity (Wildman–Crippen MR) is 299 cm³/mol. The minimum absolute atomic E-state index is 0.0247. The normalized spacial score (nSPS) is 12.7. The molecular weight excluding hydrogens is 873 g/mol. The second-order valence-electron chi connectivity index (χ2n) is 18.4. The van der Waals surface area contributed by atoms with E-state index in [1.165, 1.54) is 38.9 Å². The van der Waals surface area contributed by atoms with Gasteiger partial charge in [0.2, 0.25) is 0 Å². The van der Waals surface area contributed by atoms with Crippen LogP contribution in [-0.4, -0.2) is 4.57 Å². The van der Waals surface area contributed by atoms with Gasteiger partial charge < -0.3 is 14.2 Å². The second-order valence-corrected chi connectivity index (χ2v) is 18.4. The Morgan fingerprint density at radius 2 is 0.722 bits per heavy atom. The molecule has 2 heterocycles. The summed E-state index contributed by atoms with van der Waals surface area (Å²) in [5.74, 6) is 1.77. The maximum atomic E-state index is 7.04. The third-order valence-electron chi connectivity index (χ3n) is 14.2. The van der Waals surface area contributed by atoms with Crippen LogP contribution in [0.15, 0.2) is 285 Å². The van der Waals surface area contributed by atoms with E-state index in [0.29, 0.717) is 0 Å². The Morgan fingerprint density at radius 1 is 0.319 bits per heavy atom. The first-order valence-electron chi connectivity index (χ1n) is 24.7. The zero-order chi connectivity index (χ0) is 47.8. The molecule has 1 unspecified atom stereocenters. The minimum Gasteiger partial charge on any atom is -0.454 e. The molecule has 0 saturated carbocycles. The van der Waals surface area contributed by atoms with Gasteiger partial charge in [0, 0.05) is 28.3 Å². The quantitative estimate of drug-likeness (QED) is 0.136. The molecule has 340 valence electrons. The van der Waals surface area contributed by atoms with E-state index >= 15 is 0 Å². The molecule has 3 nitrogen and oxygen atoms in total. The predicted octanol–water partition coefficient (Wildman–Crippen LogP) is 18.7. The Kier molecular flexibility index (Phi) is 10.9. The highest BCUT2D eigenvalue weighted by Crippen LogP contribution is 2.54. The zero-order valence-electron chi connectivity index (χ0n) is 39.5. The molecule has 0 aliphatic carbocycles. The molecule has 0 N–H and O–H groups in total. The Hall–Kier alpha value is -9.44. The van der Waals surface area contributed by atoms with Crippen LogP contribution in [0.1, 0.15) is 22.7 Å². The zero-order valence-corrected chi connectivity index (χ0v) is 39.5. The summed E-state index contributed by atoms with van der Waals surface area (Å²) < 4.78 is 9.46. The molecule has 0 radical (unpaired) electrons. The number of ether oxygens (including phenoxy) is 1. The SMILES string of the molecule is c1ccc(-c2ccc(N(c3ccc(-c4ccc(-c5cccc6c5c5c(n6-c6ccccc6)C(c6ccccc6)c6ccccc6O5)cc4)cc3)c3ccc(-c4ccccc4-c4ccccc4)cc3)cc2)cc1. The number of anilines is 3. The van der Waals surface area contributed by atoms with Crippen LogP contribution in [0.2, 0.25) is 0 Å². The number of benzene rings is 11. The topological polar surface area (TPSA) is 17.4 Å². The summed E-state index contributed by atoms with van der Waals surface area (Å²) in [6.07, 6.45) is 0. The maximum Gasteiger partial charge on any atom is 0.158 e. The van der Waals surface area contributed by atoms with Gasteiger partial charge in [-0.1, -0.05) is 224 Å². The van der Waals surface area contributed by atoms with Crippen molar-refractivity contribution in [1.82, 2.24) is 4.57 Å². The number of fused-ring (bicyclic) bond motifs is 4. The van der Waals surface area contributed by atoms with Gasteiger partial charge in [-0.15, -0.1) is 0 Å². The summed E-state index contributed by atoms with van der Waals surface area (Å²) in [6.45, 7) is 0. The van der Waals surface area contributed by atoms with Crippen LogP contribution in [-0.2, 0) is 0 Å². The van der Waals surface area contributed by atoms with Crippen LogP contribution < -0.4 is 9.64 Å². The van der Waals surface area contributed by atoms with Crippen LogP contribution in [0.4, 0.5) is 17.1 Å². The summed E-state index contributed by atoms with van der Waals surface area (Å²) >= 11 is 0. The van der Waals surface area contributed by atoms with Crippen molar-refractivity contribution in [2.45, 2.75) is 5.92 Å². The Balaban J connectivity index is 0.861. The van der Waals surface area contributed by atoms with Gasteiger partial charge in [-0.05, 0) is 122 Å². The first-order chi connectivity index (χ1) is 35.7. The average Bonchev–Trinajstić information content (AvgIpc) is 3.80. The molecule has 3 heteroatoms. The number of nitrogens with zero attached hydrogens (tertiary/aromatic N) is 2. The number of aromatic nitrogens is 1. The summed E-state index contributed by atoms with van der Waals surface area (Å²) in [7, 11) is 0. The second kappa shape index (κ2) is 18.5. The minimum atomic E-state index is -0.0247. The Bertz CT molecular complexity index is 3830. The fourth-order valence-corrected chi connectivity index (χ4v) is 10.8. The summed E-state index contributed by atoms with van der Waals surface area (Å²) in [6, 6.07) is 102. The van der Waals surface area contributed by atoms with E-state index < -0.39 is 0 Å². The van der Waals surface area contributed by atoms with E-state index in [2.05, 4.69) is 295 Å². The summed E-state index contributed by atoms with van der Waals surface area (Å²) in [5, 5.41) is 1.11. The van der Waals surface area contributed by atoms with E-state index in [4.69, 9.17) is 4.74 Å². The van der Waals surface area contributed by atoms with E-state index in [9.17, 15) is 0 Å². The first kappa shape index (κ1) is 42.6. The van der Waals surface area contributed by atoms with Crippen molar-refractivity contribution >= 4 is 28.0 Å². The molecule has 1 atom stereocenters. The maximum absolute atomic E-state index is 7.04. The van der Waals surface area contributed by atoms with E-state index in [1.54, 1.807) is 0 Å². The van der Waals surface area contributed by atoms with Crippen molar-refractivity contribution in [3.8, 4) is 72.8 Å². The van der Waals surface area contributed by atoms with Crippen molar-refractivity contribution < 1.29 is 4.74 Å². The molecule has 11 aromatic carbocycles. The molecule has 1 aromatic heterocycles. The smallest absolute Gasteiger partial charge is 0.158 e. The van der Waals surface area contributed by atoms with Crippen LogP contribution in [0, 0.1) is 0 Å². The molecule has 0 amide bonds. The van der Waals surface area contributed by atoms with E-state index in [1.807, 2.05) is 0 Å². The Morgan fingerprint density at radius 3 is 1.31 bits per heavy atom. The van der Waals surface area contributed by atoms with E-state index in [0.717, 1.165) is 78.7 Å². The van der Waals surface area contributed by atoms with Crippen LogP contribution in [0.3, 0.4) is 0 Å². The van der Waals surface area contributed by atoms with Crippen LogP contribution >= 0.6 is 0 Å².